The fraction of sp³-hybridized carbons (Fsp3) is 0.347. The molecule has 0 unspecified atom stereocenters. The van der Waals surface area contributed by atoms with Crippen LogP contribution in [-0.2, 0) is 42.4 Å². The third-order valence-electron chi connectivity index (χ3n) is 11.6. The third kappa shape index (κ3) is 12.9. The summed E-state index contributed by atoms with van der Waals surface area (Å²) < 4.78 is 77.1. The van der Waals surface area contributed by atoms with E-state index in [0.29, 0.717) is 115 Å². The number of carbonyl (C=O) groups is 3. The molecule has 72 heavy (non-hydrogen) atoms. The molecule has 0 amide bonds. The van der Waals surface area contributed by atoms with Crippen LogP contribution in [0.3, 0.4) is 0 Å². The topological polar surface area (TPSA) is 215 Å². The molecule has 0 spiro atoms. The standard InChI is InChI=1S/C27H31ClFN4O6P.C20H16ClFN4O2.C2H5NO/c1-36-25(34)9-8-24-27(39-40(35,32-10-14-37-15-11-32)33-12-16-38-17-13-33)31-23-7-6-19(28)18-21(23)26(30-24)20-4-2-3-5-22(20)29;1-28-18(27)9-7-16-20-25-23-11-26(20)17-8-6-12(21)10-14(17)19(24-16)13-4-2-3-5-15(13)22;3-1-2-4/h2-7,18,24H,8-17H2,1H3;2-6,8,10-11,16H,7,9H2,1H3;2H,1,3H2/t24-;16-;/m00./s1. The Morgan fingerprint density at radius 3 is 1.79 bits per heavy atom. The lowest BCUT2D eigenvalue weighted by Gasteiger charge is -2.41. The summed E-state index contributed by atoms with van der Waals surface area (Å²) in [6.45, 7) is 3.41. The molecule has 4 aliphatic rings. The number of methoxy groups -OCH3 is 2. The van der Waals surface area contributed by atoms with Gasteiger partial charge in [-0.25, -0.2) is 27.7 Å². The van der Waals surface area contributed by atoms with E-state index >= 15 is 4.39 Å². The summed E-state index contributed by atoms with van der Waals surface area (Å²) in [4.78, 5) is 47.4. The van der Waals surface area contributed by atoms with Gasteiger partial charge < -0.3 is 34.0 Å². The van der Waals surface area contributed by atoms with E-state index in [2.05, 4.69) is 15.9 Å². The monoisotopic (exact) mass is 1050 g/mol. The quantitative estimate of drug-likeness (QED) is 0.0727. The molecule has 380 valence electrons. The lowest BCUT2D eigenvalue weighted by atomic mass is 10.00. The van der Waals surface area contributed by atoms with Crippen molar-refractivity contribution in [3.63, 3.8) is 0 Å². The van der Waals surface area contributed by atoms with Crippen molar-refractivity contribution in [2.45, 2.75) is 37.8 Å². The number of morpholine rings is 2. The Balaban J connectivity index is 0.000000207. The maximum absolute atomic E-state index is 15.1. The van der Waals surface area contributed by atoms with Crippen molar-refractivity contribution in [1.82, 2.24) is 24.1 Å². The molecule has 4 aromatic carbocycles. The summed E-state index contributed by atoms with van der Waals surface area (Å²) in [6, 6.07) is 21.7. The Kier molecular flexibility index (Phi) is 19.0. The van der Waals surface area contributed by atoms with E-state index in [0.717, 1.165) is 5.69 Å². The number of carbonyl (C=O) groups excluding carboxylic acids is 3. The molecule has 2 fully saturated rings. The molecule has 1 aromatic heterocycles. The van der Waals surface area contributed by atoms with Gasteiger partial charge in [0, 0.05) is 77.9 Å². The van der Waals surface area contributed by atoms with Crippen molar-refractivity contribution in [1.29, 1.82) is 0 Å². The summed E-state index contributed by atoms with van der Waals surface area (Å²) in [5.41, 5.74) is 8.35. The van der Waals surface area contributed by atoms with Gasteiger partial charge in [0.1, 0.15) is 36.3 Å². The lowest BCUT2D eigenvalue weighted by molar-refractivity contribution is -0.141. The Morgan fingerprint density at radius 2 is 1.25 bits per heavy atom. The van der Waals surface area contributed by atoms with E-state index in [1.807, 2.05) is 6.07 Å². The highest BCUT2D eigenvalue weighted by Crippen LogP contribution is 2.56. The second kappa shape index (κ2) is 25.5. The van der Waals surface area contributed by atoms with Crippen LogP contribution in [0.4, 0.5) is 14.5 Å². The van der Waals surface area contributed by atoms with Gasteiger partial charge in [0.25, 0.3) is 0 Å². The summed E-state index contributed by atoms with van der Waals surface area (Å²) in [5.74, 6) is -1.03. The van der Waals surface area contributed by atoms with Gasteiger partial charge in [-0.1, -0.05) is 47.5 Å². The van der Waals surface area contributed by atoms with Crippen molar-refractivity contribution in [2.75, 3.05) is 73.4 Å². The normalized spacial score (nSPS) is 17.7. The minimum absolute atomic E-state index is 0.00584. The van der Waals surface area contributed by atoms with Crippen molar-refractivity contribution < 1.29 is 51.2 Å². The summed E-state index contributed by atoms with van der Waals surface area (Å²) in [7, 11) is -1.04. The van der Waals surface area contributed by atoms with Crippen LogP contribution in [0.1, 0.15) is 59.8 Å². The number of fused-ring (bicyclic) bond motifs is 4. The van der Waals surface area contributed by atoms with Crippen LogP contribution in [0.2, 0.25) is 10.0 Å². The van der Waals surface area contributed by atoms with E-state index in [9.17, 15) is 18.5 Å². The first-order valence-electron chi connectivity index (χ1n) is 22.9. The van der Waals surface area contributed by atoms with Gasteiger partial charge in [0.05, 0.1) is 63.4 Å². The zero-order valence-electron chi connectivity index (χ0n) is 39.4. The average Bonchev–Trinajstić information content (AvgIpc) is 3.79. The molecule has 9 rings (SSSR count). The molecular formula is C49H52Cl2F2N9O9P. The number of nitrogens with zero attached hydrogens (tertiary/aromatic N) is 8. The van der Waals surface area contributed by atoms with Gasteiger partial charge in [-0.15, -0.1) is 10.2 Å². The molecule has 0 bridgehead atoms. The van der Waals surface area contributed by atoms with E-state index < -0.39 is 37.4 Å². The van der Waals surface area contributed by atoms with Crippen molar-refractivity contribution in [2.24, 2.45) is 20.7 Å². The Labute approximate surface area is 424 Å². The Hall–Kier alpha value is -6.09. The molecule has 23 heteroatoms. The lowest BCUT2D eigenvalue weighted by Crippen LogP contribution is -2.44. The number of hydrogen-bond donors (Lipinski definition) is 1. The fourth-order valence-electron chi connectivity index (χ4n) is 8.06. The van der Waals surface area contributed by atoms with Crippen LogP contribution in [0, 0.1) is 11.6 Å². The molecule has 2 atom stereocenters. The molecule has 5 heterocycles. The van der Waals surface area contributed by atoms with E-state index in [-0.39, 0.29) is 43.2 Å². The molecule has 0 saturated carbocycles. The first-order chi connectivity index (χ1) is 34.9. The van der Waals surface area contributed by atoms with Gasteiger partial charge in [0.2, 0.25) is 5.90 Å². The molecular weight excluding hydrogens is 998 g/mol. The van der Waals surface area contributed by atoms with Gasteiger partial charge in [-0.2, -0.15) is 0 Å². The van der Waals surface area contributed by atoms with Gasteiger partial charge in [0.15, 0.2) is 5.82 Å². The number of benzene rings is 4. The number of aromatic nitrogens is 3. The van der Waals surface area contributed by atoms with Crippen LogP contribution < -0.4 is 5.73 Å². The van der Waals surface area contributed by atoms with Crippen LogP contribution in [0.5, 0.6) is 0 Å². The maximum Gasteiger partial charge on any atom is 0.397 e. The van der Waals surface area contributed by atoms with Gasteiger partial charge in [-0.3, -0.25) is 24.1 Å². The smallest absolute Gasteiger partial charge is 0.397 e. The Bertz CT molecular complexity index is 2850. The summed E-state index contributed by atoms with van der Waals surface area (Å²) in [6.07, 6.45) is 2.86. The number of esters is 2. The minimum atomic E-state index is -3.68. The fourth-order valence-corrected chi connectivity index (χ4v) is 10.7. The third-order valence-corrected chi connectivity index (χ3v) is 14.7. The number of aliphatic imine (C=N–C) groups is 3. The number of aldehydes is 1. The van der Waals surface area contributed by atoms with Crippen molar-refractivity contribution in [3.05, 3.63) is 141 Å². The van der Waals surface area contributed by atoms with E-state index in [1.165, 1.54) is 26.4 Å². The Morgan fingerprint density at radius 1 is 0.750 bits per heavy atom. The van der Waals surface area contributed by atoms with Crippen molar-refractivity contribution >= 4 is 72.1 Å². The zero-order chi connectivity index (χ0) is 51.2. The second-order valence-corrected chi connectivity index (χ2v) is 19.3. The number of rotatable bonds is 12. The SMILES string of the molecule is COC(=O)CC[C@@H]1N=C(c2ccccc2F)c2cc(Cl)ccc2-n2cnnc21.COC(=O)CC[C@@H]1N=C(c2ccccc2F)c2cc(Cl)ccc2N=C1OP(=O)(N1CCOCC1)N1CCOCC1.NCC=O. The highest BCUT2D eigenvalue weighted by molar-refractivity contribution is 7.54. The van der Waals surface area contributed by atoms with E-state index in [4.69, 9.17) is 66.4 Å². The largest absolute Gasteiger partial charge is 0.469 e. The highest BCUT2D eigenvalue weighted by Gasteiger charge is 2.44. The molecule has 2 saturated heterocycles. The molecule has 2 N–H and O–H groups in total. The molecule has 18 nitrogen and oxygen atoms in total. The number of halogens is 4. The molecule has 5 aromatic rings. The van der Waals surface area contributed by atoms with E-state index in [1.54, 1.807) is 87.0 Å². The molecule has 0 radical (unpaired) electrons. The average molecular weight is 1050 g/mol. The minimum Gasteiger partial charge on any atom is -0.469 e. The maximum atomic E-state index is 15.1. The molecule has 0 aliphatic carbocycles. The predicted molar refractivity (Wildman–Crippen MR) is 267 cm³/mol. The second-order valence-electron chi connectivity index (χ2n) is 16.1. The first-order valence-corrected chi connectivity index (χ1v) is 25.1. The first kappa shape index (κ1) is 53.7. The van der Waals surface area contributed by atoms with Gasteiger partial charge >= 0.3 is 19.6 Å². The number of hydrogen-bond acceptors (Lipinski definition) is 15. The zero-order valence-corrected chi connectivity index (χ0v) is 41.8. The van der Waals surface area contributed by atoms with Crippen LogP contribution >= 0.6 is 30.9 Å². The number of nitrogens with two attached hydrogens (primary N) is 1. The highest BCUT2D eigenvalue weighted by atomic mass is 35.5. The molecule has 4 aliphatic heterocycles. The van der Waals surface area contributed by atoms with Crippen LogP contribution in [-0.4, -0.2) is 139 Å². The van der Waals surface area contributed by atoms with Crippen LogP contribution in [0.15, 0.2) is 106 Å². The summed E-state index contributed by atoms with van der Waals surface area (Å²) in [5, 5.41) is 9.12. The van der Waals surface area contributed by atoms with Gasteiger partial charge in [-0.05, 0) is 73.5 Å². The summed E-state index contributed by atoms with van der Waals surface area (Å²) >= 11 is 12.6. The van der Waals surface area contributed by atoms with Crippen molar-refractivity contribution in [3.8, 4) is 5.69 Å². The predicted octanol–water partition coefficient (Wildman–Crippen LogP) is 7.52. The van der Waals surface area contributed by atoms with Crippen LogP contribution in [0.25, 0.3) is 5.69 Å². The number of ether oxygens (including phenoxy) is 4.